The summed E-state index contributed by atoms with van der Waals surface area (Å²) in [4.78, 5) is 34.5. The number of likely N-dealkylation sites (tertiary alicyclic amines) is 2. The number of carbonyl (C=O) groups is 2. The van der Waals surface area contributed by atoms with Gasteiger partial charge < -0.3 is 9.80 Å². The van der Waals surface area contributed by atoms with E-state index < -0.39 is 0 Å². The molecule has 164 valence electrons. The zero-order chi connectivity index (χ0) is 21.3. The van der Waals surface area contributed by atoms with E-state index in [0.29, 0.717) is 24.0 Å². The minimum Gasteiger partial charge on any atom is -0.343 e. The van der Waals surface area contributed by atoms with Gasteiger partial charge in [0.15, 0.2) is 0 Å². The highest BCUT2D eigenvalue weighted by atomic mass is 32.1. The maximum absolute atomic E-state index is 13.2. The molecule has 1 aromatic heterocycles. The van der Waals surface area contributed by atoms with E-state index in [1.54, 1.807) is 11.3 Å². The monoisotopic (exact) mass is 429 g/mol. The van der Waals surface area contributed by atoms with Crippen LogP contribution in [0.1, 0.15) is 93.6 Å². The van der Waals surface area contributed by atoms with Crippen LogP contribution in [-0.2, 0) is 4.79 Å². The Balaban J connectivity index is 1.37. The molecule has 3 aliphatic rings. The van der Waals surface area contributed by atoms with Gasteiger partial charge in [-0.25, -0.2) is 4.98 Å². The Bertz CT molecular complexity index is 815. The Morgan fingerprint density at radius 1 is 1.07 bits per heavy atom. The van der Waals surface area contributed by atoms with E-state index >= 15 is 0 Å². The van der Waals surface area contributed by atoms with Crippen LogP contribution in [0, 0.1) is 11.3 Å². The molecule has 0 spiro atoms. The van der Waals surface area contributed by atoms with Crippen molar-refractivity contribution in [1.29, 1.82) is 0 Å². The van der Waals surface area contributed by atoms with Gasteiger partial charge in [-0.05, 0) is 56.3 Å². The topological polar surface area (TPSA) is 53.5 Å². The molecule has 2 aliphatic heterocycles. The van der Waals surface area contributed by atoms with Gasteiger partial charge in [0.2, 0.25) is 5.91 Å². The number of carbonyl (C=O) groups excluding carboxylic acids is 2. The molecule has 1 unspecified atom stereocenters. The minimum absolute atomic E-state index is 0.0275. The van der Waals surface area contributed by atoms with Gasteiger partial charge in [-0.3, -0.25) is 9.59 Å². The van der Waals surface area contributed by atoms with Crippen molar-refractivity contribution < 1.29 is 9.59 Å². The summed E-state index contributed by atoms with van der Waals surface area (Å²) < 4.78 is 0. The largest absolute Gasteiger partial charge is 0.343 e. The number of fused-ring (bicyclic) bond motifs is 1. The van der Waals surface area contributed by atoms with Crippen LogP contribution in [0.4, 0.5) is 0 Å². The molecular formula is C24H35N3O2S. The second-order valence-electron chi connectivity index (χ2n) is 10.3. The summed E-state index contributed by atoms with van der Waals surface area (Å²) in [6.07, 6.45) is 10.6. The fourth-order valence-corrected chi connectivity index (χ4v) is 6.01. The van der Waals surface area contributed by atoms with Gasteiger partial charge in [0.1, 0.15) is 5.69 Å². The Labute approximate surface area is 184 Å². The molecule has 1 aliphatic carbocycles. The molecule has 2 saturated heterocycles. The molecule has 4 rings (SSSR count). The van der Waals surface area contributed by atoms with Crippen molar-refractivity contribution in [2.24, 2.45) is 11.3 Å². The van der Waals surface area contributed by atoms with Crippen molar-refractivity contribution in [2.75, 3.05) is 19.6 Å². The van der Waals surface area contributed by atoms with Crippen LogP contribution in [0.25, 0.3) is 0 Å². The van der Waals surface area contributed by atoms with E-state index in [0.717, 1.165) is 50.3 Å². The fourth-order valence-electron chi connectivity index (χ4n) is 5.05. The summed E-state index contributed by atoms with van der Waals surface area (Å²) in [6, 6.07) is 0. The first-order chi connectivity index (χ1) is 14.3. The zero-order valence-electron chi connectivity index (χ0n) is 18.7. The summed E-state index contributed by atoms with van der Waals surface area (Å²) in [5.41, 5.74) is 1.88. The molecule has 2 amide bonds. The number of hydrogen-bond acceptors (Lipinski definition) is 4. The molecule has 6 heteroatoms. The molecule has 1 aromatic rings. The minimum atomic E-state index is 0.0275. The van der Waals surface area contributed by atoms with Crippen LogP contribution in [0.15, 0.2) is 17.2 Å². The van der Waals surface area contributed by atoms with Crippen LogP contribution in [0.2, 0.25) is 0 Å². The standard InChI is InChI=1S/C24H35N3O2S/c1-24(2,3)15-21(28)26-13-10-18(11-14-26)22-25-19(16-30-22)23(29)27-12-6-8-17-7-4-5-9-20(17)27/h9,16-18H,4-8,10-15H2,1-3H3. The fraction of sp³-hybridized carbons (Fsp3) is 0.708. The summed E-state index contributed by atoms with van der Waals surface area (Å²) in [5.74, 6) is 1.26. The van der Waals surface area contributed by atoms with E-state index in [9.17, 15) is 9.59 Å². The van der Waals surface area contributed by atoms with Crippen molar-refractivity contribution in [1.82, 2.24) is 14.8 Å². The Morgan fingerprint density at radius 2 is 1.80 bits per heavy atom. The number of hydrogen-bond donors (Lipinski definition) is 0. The number of rotatable bonds is 3. The SMILES string of the molecule is CC(C)(C)CC(=O)N1CCC(c2nc(C(=O)N3CCCC4CCCC=C43)cs2)CC1. The van der Waals surface area contributed by atoms with Crippen LogP contribution in [-0.4, -0.2) is 46.2 Å². The second kappa shape index (κ2) is 8.81. The van der Waals surface area contributed by atoms with Crippen LogP contribution in [0.3, 0.4) is 0 Å². The molecule has 1 atom stereocenters. The average molecular weight is 430 g/mol. The Hall–Kier alpha value is -1.69. The summed E-state index contributed by atoms with van der Waals surface area (Å²) >= 11 is 1.62. The number of allylic oxidation sites excluding steroid dienone is 2. The average Bonchev–Trinajstić information content (AvgIpc) is 3.22. The van der Waals surface area contributed by atoms with Crippen LogP contribution >= 0.6 is 11.3 Å². The Kier molecular flexibility index (Phi) is 6.33. The van der Waals surface area contributed by atoms with E-state index in [-0.39, 0.29) is 17.2 Å². The molecular weight excluding hydrogens is 394 g/mol. The lowest BCUT2D eigenvalue weighted by Crippen LogP contribution is -2.39. The van der Waals surface area contributed by atoms with Crippen LogP contribution < -0.4 is 0 Å². The third-order valence-corrected chi connectivity index (χ3v) is 7.65. The third-order valence-electron chi connectivity index (χ3n) is 6.64. The lowest BCUT2D eigenvalue weighted by molar-refractivity contribution is -0.134. The van der Waals surface area contributed by atoms with Crippen molar-refractivity contribution in [2.45, 2.75) is 78.1 Å². The zero-order valence-corrected chi connectivity index (χ0v) is 19.5. The molecule has 0 aromatic carbocycles. The maximum atomic E-state index is 13.2. The van der Waals surface area contributed by atoms with Crippen molar-refractivity contribution in [3.8, 4) is 0 Å². The predicted molar refractivity (Wildman–Crippen MR) is 120 cm³/mol. The highest BCUT2D eigenvalue weighted by Gasteiger charge is 2.33. The number of piperidine rings is 2. The second-order valence-corrected chi connectivity index (χ2v) is 11.2. The van der Waals surface area contributed by atoms with Gasteiger partial charge >= 0.3 is 0 Å². The predicted octanol–water partition coefficient (Wildman–Crippen LogP) is 5.21. The smallest absolute Gasteiger partial charge is 0.277 e. The summed E-state index contributed by atoms with van der Waals surface area (Å²) in [6.45, 7) is 8.74. The first-order valence-electron chi connectivity index (χ1n) is 11.6. The number of amides is 2. The van der Waals surface area contributed by atoms with Crippen molar-refractivity contribution in [3.05, 3.63) is 27.9 Å². The normalized spacial score (nSPS) is 23.2. The van der Waals surface area contributed by atoms with Gasteiger partial charge in [-0.15, -0.1) is 11.3 Å². The molecule has 0 radical (unpaired) electrons. The summed E-state index contributed by atoms with van der Waals surface area (Å²) in [5, 5.41) is 3.01. The van der Waals surface area contributed by atoms with Gasteiger partial charge in [-0.1, -0.05) is 26.8 Å². The van der Waals surface area contributed by atoms with Crippen molar-refractivity contribution >= 4 is 23.2 Å². The van der Waals surface area contributed by atoms with Crippen LogP contribution in [0.5, 0.6) is 0 Å². The van der Waals surface area contributed by atoms with E-state index in [4.69, 9.17) is 4.98 Å². The molecule has 0 N–H and O–H groups in total. The number of thiazole rings is 1. The molecule has 2 fully saturated rings. The first-order valence-corrected chi connectivity index (χ1v) is 12.4. The molecule has 5 nitrogen and oxygen atoms in total. The highest BCUT2D eigenvalue weighted by Crippen LogP contribution is 2.36. The molecule has 30 heavy (non-hydrogen) atoms. The molecule has 3 heterocycles. The van der Waals surface area contributed by atoms with Gasteiger partial charge in [0.05, 0.1) is 5.01 Å². The van der Waals surface area contributed by atoms with Crippen molar-refractivity contribution in [3.63, 3.8) is 0 Å². The van der Waals surface area contributed by atoms with E-state index in [1.165, 1.54) is 25.0 Å². The Morgan fingerprint density at radius 3 is 2.53 bits per heavy atom. The quantitative estimate of drug-likeness (QED) is 0.663. The summed E-state index contributed by atoms with van der Waals surface area (Å²) in [7, 11) is 0. The lowest BCUT2D eigenvalue weighted by atomic mass is 9.85. The van der Waals surface area contributed by atoms with Gasteiger partial charge in [0, 0.05) is 43.1 Å². The lowest BCUT2D eigenvalue weighted by Gasteiger charge is -2.37. The highest BCUT2D eigenvalue weighted by molar-refractivity contribution is 7.09. The molecule has 0 bridgehead atoms. The molecule has 0 saturated carbocycles. The van der Waals surface area contributed by atoms with E-state index in [2.05, 4.69) is 26.8 Å². The van der Waals surface area contributed by atoms with E-state index in [1.807, 2.05) is 15.2 Å². The number of aromatic nitrogens is 1. The third kappa shape index (κ3) is 4.79. The maximum Gasteiger partial charge on any atom is 0.277 e. The van der Waals surface area contributed by atoms with Gasteiger partial charge in [0.25, 0.3) is 5.91 Å². The number of nitrogens with zero attached hydrogens (tertiary/aromatic N) is 3. The first kappa shape index (κ1) is 21.5. The van der Waals surface area contributed by atoms with Gasteiger partial charge in [-0.2, -0.15) is 0 Å².